The summed E-state index contributed by atoms with van der Waals surface area (Å²) in [7, 11) is 1.93. The van der Waals surface area contributed by atoms with E-state index in [1.807, 2.05) is 49.8 Å². The number of halogens is 1. The lowest BCUT2D eigenvalue weighted by Crippen LogP contribution is -2.04. The third kappa shape index (κ3) is 3.16. The molecule has 7 heteroatoms. The van der Waals surface area contributed by atoms with Gasteiger partial charge in [-0.15, -0.1) is 0 Å². The van der Waals surface area contributed by atoms with E-state index in [2.05, 4.69) is 16.1 Å². The van der Waals surface area contributed by atoms with Gasteiger partial charge in [0.2, 0.25) is 0 Å². The number of aryl methyl sites for hydroxylation is 2. The van der Waals surface area contributed by atoms with Crippen LogP contribution in [0.2, 0.25) is 5.02 Å². The number of nitrogens with two attached hydrogens (primary N) is 1. The van der Waals surface area contributed by atoms with E-state index in [9.17, 15) is 0 Å². The summed E-state index contributed by atoms with van der Waals surface area (Å²) in [5, 5.41) is 5.83. The molecule has 6 nitrogen and oxygen atoms in total. The second-order valence-corrected chi connectivity index (χ2v) is 7.09. The summed E-state index contributed by atoms with van der Waals surface area (Å²) in [5.41, 5.74) is 11.4. The van der Waals surface area contributed by atoms with Gasteiger partial charge in [-0.25, -0.2) is 9.97 Å². The van der Waals surface area contributed by atoms with Gasteiger partial charge in [0, 0.05) is 41.6 Å². The van der Waals surface area contributed by atoms with E-state index in [1.54, 1.807) is 12.4 Å². The Morgan fingerprint density at radius 3 is 2.79 bits per heavy atom. The average Bonchev–Trinajstić information content (AvgIpc) is 3.10. The molecule has 28 heavy (non-hydrogen) atoms. The molecule has 0 aliphatic rings. The van der Waals surface area contributed by atoms with Gasteiger partial charge < -0.3 is 10.5 Å². The van der Waals surface area contributed by atoms with Crippen LogP contribution in [0.15, 0.2) is 42.7 Å². The number of rotatable bonds is 4. The summed E-state index contributed by atoms with van der Waals surface area (Å²) in [6, 6.07) is 9.97. The molecule has 4 aromatic rings. The van der Waals surface area contributed by atoms with Gasteiger partial charge in [0.15, 0.2) is 0 Å². The topological polar surface area (TPSA) is 78.8 Å². The molecule has 0 atom stereocenters. The van der Waals surface area contributed by atoms with Gasteiger partial charge in [0.05, 0.1) is 10.7 Å². The molecule has 3 aromatic heterocycles. The maximum absolute atomic E-state index is 6.30. The largest absolute Gasteiger partial charge is 0.487 e. The molecule has 0 saturated heterocycles. The van der Waals surface area contributed by atoms with Crippen molar-refractivity contribution in [1.29, 1.82) is 0 Å². The quantitative estimate of drug-likeness (QED) is 0.553. The Bertz CT molecular complexity index is 1190. The fourth-order valence-corrected chi connectivity index (χ4v) is 3.52. The lowest BCUT2D eigenvalue weighted by atomic mass is 10.0. The SMILES string of the molecule is Cc1cc(-c2ccnn2C)c2cccc(OCc3c(Cl)cnc(N)c3C)c2n1. The second-order valence-electron chi connectivity index (χ2n) is 6.69. The Morgan fingerprint density at radius 2 is 2.04 bits per heavy atom. The second kappa shape index (κ2) is 7.13. The Morgan fingerprint density at radius 1 is 1.21 bits per heavy atom. The van der Waals surface area contributed by atoms with Gasteiger partial charge in [-0.2, -0.15) is 5.10 Å². The van der Waals surface area contributed by atoms with Crippen molar-refractivity contribution in [2.45, 2.75) is 20.5 Å². The number of hydrogen-bond donors (Lipinski definition) is 1. The zero-order valence-corrected chi connectivity index (χ0v) is 16.7. The molecule has 0 unspecified atom stereocenters. The number of aromatic nitrogens is 4. The van der Waals surface area contributed by atoms with Crippen molar-refractivity contribution >= 4 is 28.3 Å². The van der Waals surface area contributed by atoms with Crippen LogP contribution in [0.5, 0.6) is 5.75 Å². The van der Waals surface area contributed by atoms with Crippen molar-refractivity contribution in [3.05, 3.63) is 64.6 Å². The molecule has 1 aromatic carbocycles. The van der Waals surface area contributed by atoms with Gasteiger partial charge in [-0.3, -0.25) is 4.68 Å². The Kier molecular flexibility index (Phi) is 4.65. The Balaban J connectivity index is 1.78. The molecule has 4 rings (SSSR count). The molecule has 0 fully saturated rings. The lowest BCUT2D eigenvalue weighted by molar-refractivity contribution is 0.308. The number of hydrogen-bond acceptors (Lipinski definition) is 5. The van der Waals surface area contributed by atoms with Crippen molar-refractivity contribution in [3.63, 3.8) is 0 Å². The maximum Gasteiger partial charge on any atom is 0.146 e. The number of ether oxygens (including phenoxy) is 1. The van der Waals surface area contributed by atoms with Gasteiger partial charge in [0.25, 0.3) is 0 Å². The van der Waals surface area contributed by atoms with Crippen molar-refractivity contribution in [1.82, 2.24) is 19.7 Å². The summed E-state index contributed by atoms with van der Waals surface area (Å²) in [6.07, 6.45) is 3.34. The predicted octanol–water partition coefficient (Wildman–Crippen LogP) is 4.46. The first kappa shape index (κ1) is 18.3. The lowest BCUT2D eigenvalue weighted by Gasteiger charge is -2.14. The summed E-state index contributed by atoms with van der Waals surface area (Å²) in [6.45, 7) is 4.15. The fourth-order valence-electron chi connectivity index (χ4n) is 3.28. The molecule has 0 aliphatic heterocycles. The molecular weight excluding hydrogens is 374 g/mol. The van der Waals surface area contributed by atoms with E-state index in [1.165, 1.54) is 0 Å². The first-order chi connectivity index (χ1) is 13.5. The highest BCUT2D eigenvalue weighted by molar-refractivity contribution is 6.31. The number of para-hydroxylation sites is 1. The summed E-state index contributed by atoms with van der Waals surface area (Å²) in [4.78, 5) is 8.80. The number of pyridine rings is 2. The highest BCUT2D eigenvalue weighted by Crippen LogP contribution is 2.34. The number of nitrogens with zero attached hydrogens (tertiary/aromatic N) is 4. The molecule has 0 spiro atoms. The molecule has 0 amide bonds. The standard InChI is InChI=1S/C21H20ClN5O/c1-12-9-15(18-7-8-25-27(18)3)14-5-4-6-19(20(14)26-12)28-11-16-13(2)21(23)24-10-17(16)22/h4-10H,11H2,1-3H3,(H2,23,24). The normalized spacial score (nSPS) is 11.1. The zero-order valence-electron chi connectivity index (χ0n) is 15.9. The van der Waals surface area contributed by atoms with Crippen molar-refractivity contribution < 1.29 is 4.74 Å². The van der Waals surface area contributed by atoms with E-state index in [0.29, 0.717) is 16.6 Å². The molecule has 0 aliphatic carbocycles. The fraction of sp³-hybridized carbons (Fsp3) is 0.190. The average molecular weight is 394 g/mol. The first-order valence-electron chi connectivity index (χ1n) is 8.86. The minimum absolute atomic E-state index is 0.285. The molecule has 0 radical (unpaired) electrons. The molecule has 0 saturated carbocycles. The minimum Gasteiger partial charge on any atom is -0.487 e. The smallest absolute Gasteiger partial charge is 0.146 e. The third-order valence-electron chi connectivity index (χ3n) is 4.84. The molecule has 3 heterocycles. The number of fused-ring (bicyclic) bond motifs is 1. The van der Waals surface area contributed by atoms with Crippen molar-refractivity contribution in [3.8, 4) is 17.0 Å². The Hall–Kier alpha value is -3.12. The molecule has 2 N–H and O–H groups in total. The van der Waals surface area contributed by atoms with E-state index >= 15 is 0 Å². The summed E-state index contributed by atoms with van der Waals surface area (Å²) >= 11 is 6.30. The van der Waals surface area contributed by atoms with Crippen LogP contribution in [0, 0.1) is 13.8 Å². The van der Waals surface area contributed by atoms with Crippen LogP contribution in [-0.4, -0.2) is 19.7 Å². The van der Waals surface area contributed by atoms with Crippen LogP contribution in [0.3, 0.4) is 0 Å². The van der Waals surface area contributed by atoms with E-state index in [-0.39, 0.29) is 6.61 Å². The Labute approximate surface area is 167 Å². The molecule has 0 bridgehead atoms. The van der Waals surface area contributed by atoms with Crippen LogP contribution in [0.25, 0.3) is 22.2 Å². The van der Waals surface area contributed by atoms with Gasteiger partial charge in [0.1, 0.15) is 23.7 Å². The number of nitrogen functional groups attached to an aromatic ring is 1. The van der Waals surface area contributed by atoms with Crippen LogP contribution in [0.4, 0.5) is 5.82 Å². The highest BCUT2D eigenvalue weighted by atomic mass is 35.5. The van der Waals surface area contributed by atoms with E-state index in [0.717, 1.165) is 39.0 Å². The summed E-state index contributed by atoms with van der Waals surface area (Å²) in [5.74, 6) is 1.14. The molecular formula is C21H20ClN5O. The highest BCUT2D eigenvalue weighted by Gasteiger charge is 2.14. The first-order valence-corrected chi connectivity index (χ1v) is 9.24. The molecule has 142 valence electrons. The van der Waals surface area contributed by atoms with E-state index < -0.39 is 0 Å². The summed E-state index contributed by atoms with van der Waals surface area (Å²) < 4.78 is 7.98. The van der Waals surface area contributed by atoms with Crippen LogP contribution in [-0.2, 0) is 13.7 Å². The van der Waals surface area contributed by atoms with E-state index in [4.69, 9.17) is 27.1 Å². The van der Waals surface area contributed by atoms with Gasteiger partial charge >= 0.3 is 0 Å². The third-order valence-corrected chi connectivity index (χ3v) is 5.17. The van der Waals surface area contributed by atoms with Gasteiger partial charge in [-0.05, 0) is 37.6 Å². The van der Waals surface area contributed by atoms with Crippen LogP contribution < -0.4 is 10.5 Å². The maximum atomic E-state index is 6.30. The van der Waals surface area contributed by atoms with Crippen LogP contribution in [0.1, 0.15) is 16.8 Å². The predicted molar refractivity (Wildman–Crippen MR) is 111 cm³/mol. The monoisotopic (exact) mass is 393 g/mol. The van der Waals surface area contributed by atoms with Gasteiger partial charge in [-0.1, -0.05) is 23.7 Å². The number of anilines is 1. The zero-order chi connectivity index (χ0) is 19.8. The van der Waals surface area contributed by atoms with Crippen molar-refractivity contribution in [2.75, 3.05) is 5.73 Å². The van der Waals surface area contributed by atoms with Crippen molar-refractivity contribution in [2.24, 2.45) is 7.05 Å². The number of benzene rings is 1. The van der Waals surface area contributed by atoms with Crippen LogP contribution >= 0.6 is 11.6 Å². The minimum atomic E-state index is 0.285.